The molecule has 0 aliphatic carbocycles. The van der Waals surface area contributed by atoms with Crippen LogP contribution in [0.3, 0.4) is 0 Å². The van der Waals surface area contributed by atoms with Crippen LogP contribution in [0, 0.1) is 5.92 Å². The summed E-state index contributed by atoms with van der Waals surface area (Å²) < 4.78 is 0. The van der Waals surface area contributed by atoms with E-state index in [-0.39, 0.29) is 0 Å². The second-order valence-corrected chi connectivity index (χ2v) is 3.95. The molecule has 0 atom stereocenters. The normalized spacial score (nSPS) is 11.6. The summed E-state index contributed by atoms with van der Waals surface area (Å²) in [7, 11) is 0. The summed E-state index contributed by atoms with van der Waals surface area (Å²) in [6, 6.07) is 3.87. The first-order valence-electron chi connectivity index (χ1n) is 5.36. The van der Waals surface area contributed by atoms with Crippen LogP contribution in [0.1, 0.15) is 19.4 Å². The van der Waals surface area contributed by atoms with E-state index in [1.807, 2.05) is 12.1 Å². The van der Waals surface area contributed by atoms with E-state index in [1.165, 1.54) is 0 Å². The number of rotatable bonds is 4. The highest BCUT2D eigenvalue weighted by molar-refractivity contribution is 5.79. The molecular formula is C11H19N5. The van der Waals surface area contributed by atoms with Gasteiger partial charge < -0.3 is 5.32 Å². The van der Waals surface area contributed by atoms with Crippen LogP contribution < -0.4 is 16.6 Å². The molecule has 1 heterocycles. The van der Waals surface area contributed by atoms with Crippen LogP contribution in [-0.2, 0) is 6.54 Å². The van der Waals surface area contributed by atoms with Gasteiger partial charge in [0, 0.05) is 18.9 Å². The lowest BCUT2D eigenvalue weighted by Crippen LogP contribution is -2.42. The average molecular weight is 221 g/mol. The molecule has 0 aromatic carbocycles. The van der Waals surface area contributed by atoms with E-state index >= 15 is 0 Å². The van der Waals surface area contributed by atoms with Gasteiger partial charge in [0.15, 0.2) is 0 Å². The van der Waals surface area contributed by atoms with Gasteiger partial charge in [-0.2, -0.15) is 0 Å². The Bertz CT molecular complexity index is 320. The number of nitrogens with zero attached hydrogens (tertiary/aromatic N) is 2. The number of hydrogen-bond acceptors (Lipinski definition) is 3. The SMILES string of the molecule is CC(C)CNC(=NCc1cccnc1)NN. The van der Waals surface area contributed by atoms with Gasteiger partial charge in [0.05, 0.1) is 6.54 Å². The Hall–Kier alpha value is -1.62. The summed E-state index contributed by atoms with van der Waals surface area (Å²) in [4.78, 5) is 8.34. The lowest BCUT2D eigenvalue weighted by Gasteiger charge is -2.10. The molecule has 0 fully saturated rings. The highest BCUT2D eigenvalue weighted by Gasteiger charge is 1.97. The number of pyridine rings is 1. The first kappa shape index (κ1) is 12.4. The first-order chi connectivity index (χ1) is 7.72. The fourth-order valence-electron chi connectivity index (χ4n) is 1.12. The molecule has 1 aromatic rings. The van der Waals surface area contributed by atoms with Crippen LogP contribution in [0.25, 0.3) is 0 Å². The van der Waals surface area contributed by atoms with E-state index in [0.29, 0.717) is 18.4 Å². The van der Waals surface area contributed by atoms with Crippen molar-refractivity contribution in [3.63, 3.8) is 0 Å². The molecule has 0 radical (unpaired) electrons. The van der Waals surface area contributed by atoms with Crippen molar-refractivity contribution in [3.05, 3.63) is 30.1 Å². The van der Waals surface area contributed by atoms with E-state index in [0.717, 1.165) is 12.1 Å². The van der Waals surface area contributed by atoms with E-state index in [4.69, 9.17) is 5.84 Å². The van der Waals surface area contributed by atoms with Crippen LogP contribution in [0.15, 0.2) is 29.5 Å². The molecule has 5 nitrogen and oxygen atoms in total. The van der Waals surface area contributed by atoms with Gasteiger partial charge in [-0.3, -0.25) is 10.4 Å². The van der Waals surface area contributed by atoms with Crippen molar-refractivity contribution < 1.29 is 0 Å². The molecule has 0 aliphatic heterocycles. The van der Waals surface area contributed by atoms with Crippen LogP contribution in [0.4, 0.5) is 0 Å². The maximum atomic E-state index is 5.36. The molecule has 0 saturated carbocycles. The van der Waals surface area contributed by atoms with Crippen molar-refractivity contribution in [2.45, 2.75) is 20.4 Å². The third-order valence-electron chi connectivity index (χ3n) is 1.96. The smallest absolute Gasteiger partial charge is 0.206 e. The van der Waals surface area contributed by atoms with E-state index in [9.17, 15) is 0 Å². The van der Waals surface area contributed by atoms with Crippen LogP contribution >= 0.6 is 0 Å². The molecule has 0 bridgehead atoms. The van der Waals surface area contributed by atoms with Gasteiger partial charge in [0.1, 0.15) is 0 Å². The number of nitrogens with two attached hydrogens (primary N) is 1. The number of hydrazine groups is 1. The molecule has 1 aromatic heterocycles. The lowest BCUT2D eigenvalue weighted by atomic mass is 10.2. The zero-order valence-electron chi connectivity index (χ0n) is 9.77. The summed E-state index contributed by atoms with van der Waals surface area (Å²) in [6.07, 6.45) is 3.53. The highest BCUT2D eigenvalue weighted by atomic mass is 15.3. The maximum absolute atomic E-state index is 5.36. The van der Waals surface area contributed by atoms with Crippen molar-refractivity contribution in [1.29, 1.82) is 0 Å². The second-order valence-electron chi connectivity index (χ2n) is 3.95. The third kappa shape index (κ3) is 4.75. The molecule has 1 rings (SSSR count). The fraction of sp³-hybridized carbons (Fsp3) is 0.455. The van der Waals surface area contributed by atoms with Gasteiger partial charge in [-0.05, 0) is 17.5 Å². The molecule has 0 saturated heterocycles. The van der Waals surface area contributed by atoms with Gasteiger partial charge in [-0.1, -0.05) is 19.9 Å². The first-order valence-corrected chi connectivity index (χ1v) is 5.36. The molecule has 0 amide bonds. The van der Waals surface area contributed by atoms with E-state index in [2.05, 4.69) is 34.6 Å². The third-order valence-corrected chi connectivity index (χ3v) is 1.96. The summed E-state index contributed by atoms with van der Waals surface area (Å²) in [6.45, 7) is 5.67. The largest absolute Gasteiger partial charge is 0.355 e. The topological polar surface area (TPSA) is 75.3 Å². The Kier molecular flexibility index (Phi) is 5.28. The molecule has 16 heavy (non-hydrogen) atoms. The molecule has 4 N–H and O–H groups in total. The second kappa shape index (κ2) is 6.79. The lowest BCUT2D eigenvalue weighted by molar-refractivity contribution is 0.615. The quantitative estimate of drug-likeness (QED) is 0.302. The van der Waals surface area contributed by atoms with Crippen LogP contribution in [0.2, 0.25) is 0 Å². The van der Waals surface area contributed by atoms with Crippen molar-refractivity contribution in [2.75, 3.05) is 6.54 Å². The zero-order chi connectivity index (χ0) is 11.8. The molecule has 0 aliphatic rings. The zero-order valence-corrected chi connectivity index (χ0v) is 9.77. The average Bonchev–Trinajstić information content (AvgIpc) is 2.30. The number of aliphatic imine (C=N–C) groups is 1. The maximum Gasteiger partial charge on any atom is 0.206 e. The molecular weight excluding hydrogens is 202 g/mol. The van der Waals surface area contributed by atoms with Gasteiger partial charge in [-0.25, -0.2) is 10.8 Å². The summed E-state index contributed by atoms with van der Waals surface area (Å²) >= 11 is 0. The van der Waals surface area contributed by atoms with Crippen LogP contribution in [-0.4, -0.2) is 17.5 Å². The Balaban J connectivity index is 2.47. The number of aromatic nitrogens is 1. The van der Waals surface area contributed by atoms with Crippen LogP contribution in [0.5, 0.6) is 0 Å². The monoisotopic (exact) mass is 221 g/mol. The summed E-state index contributed by atoms with van der Waals surface area (Å²) in [5.41, 5.74) is 3.60. The van der Waals surface area contributed by atoms with Gasteiger partial charge in [-0.15, -0.1) is 0 Å². The van der Waals surface area contributed by atoms with Gasteiger partial charge in [0.2, 0.25) is 5.96 Å². The summed E-state index contributed by atoms with van der Waals surface area (Å²) in [5.74, 6) is 6.53. The van der Waals surface area contributed by atoms with Gasteiger partial charge in [0.25, 0.3) is 0 Å². The fourth-order valence-corrected chi connectivity index (χ4v) is 1.12. The molecule has 0 spiro atoms. The molecule has 5 heteroatoms. The van der Waals surface area contributed by atoms with E-state index < -0.39 is 0 Å². The van der Waals surface area contributed by atoms with Crippen molar-refractivity contribution in [3.8, 4) is 0 Å². The minimum Gasteiger partial charge on any atom is -0.355 e. The Morgan fingerprint density at radius 1 is 1.56 bits per heavy atom. The Labute approximate surface area is 96.1 Å². The molecule has 88 valence electrons. The standard InChI is InChI=1S/C11H19N5/c1-9(2)6-14-11(16-12)15-8-10-4-3-5-13-7-10/h3-5,7,9H,6,8,12H2,1-2H3,(H2,14,15,16). The Morgan fingerprint density at radius 2 is 2.38 bits per heavy atom. The predicted molar refractivity (Wildman–Crippen MR) is 65.5 cm³/mol. The minimum atomic E-state index is 0.553. The highest BCUT2D eigenvalue weighted by Crippen LogP contribution is 1.97. The van der Waals surface area contributed by atoms with Gasteiger partial charge >= 0.3 is 0 Å². The van der Waals surface area contributed by atoms with Crippen molar-refractivity contribution in [1.82, 2.24) is 15.7 Å². The van der Waals surface area contributed by atoms with Crippen molar-refractivity contribution >= 4 is 5.96 Å². The number of guanidine groups is 1. The number of nitrogens with one attached hydrogen (secondary N) is 2. The predicted octanol–water partition coefficient (Wildman–Crippen LogP) is 0.647. The summed E-state index contributed by atoms with van der Waals surface area (Å²) in [5, 5.41) is 3.13. The van der Waals surface area contributed by atoms with E-state index in [1.54, 1.807) is 12.4 Å². The number of hydrogen-bond donors (Lipinski definition) is 3. The van der Waals surface area contributed by atoms with Crippen molar-refractivity contribution in [2.24, 2.45) is 16.8 Å². The molecule has 0 unspecified atom stereocenters. The Morgan fingerprint density at radius 3 is 2.94 bits per heavy atom. The minimum absolute atomic E-state index is 0.553.